The van der Waals surface area contributed by atoms with Crippen LogP contribution in [0.25, 0.3) is 0 Å². The number of hydrogen-bond donors (Lipinski definition) is 2. The molecule has 0 bridgehead atoms. The smallest absolute Gasteiger partial charge is 0.251 e. The van der Waals surface area contributed by atoms with Crippen LogP contribution in [0.4, 0.5) is 4.39 Å². The zero-order chi connectivity index (χ0) is 22.1. The Kier molecular flexibility index (Phi) is 8.39. The Morgan fingerprint density at radius 3 is 2.52 bits per heavy atom. The van der Waals surface area contributed by atoms with Gasteiger partial charge in [-0.1, -0.05) is 0 Å². The summed E-state index contributed by atoms with van der Waals surface area (Å²) in [5.74, 6) is 0.0251. The first-order chi connectivity index (χ1) is 14.9. The van der Waals surface area contributed by atoms with Gasteiger partial charge in [0.2, 0.25) is 10.0 Å². The zero-order valence-corrected chi connectivity index (χ0v) is 18.0. The van der Waals surface area contributed by atoms with E-state index in [2.05, 4.69) is 10.0 Å². The Morgan fingerprint density at radius 1 is 1.10 bits per heavy atom. The van der Waals surface area contributed by atoms with Gasteiger partial charge in [0.15, 0.2) is 0 Å². The average Bonchev–Trinajstić information content (AvgIpc) is 3.30. The van der Waals surface area contributed by atoms with Crippen LogP contribution in [0, 0.1) is 5.82 Å². The lowest BCUT2D eigenvalue weighted by atomic mass is 10.2. The van der Waals surface area contributed by atoms with E-state index in [1.165, 1.54) is 36.4 Å². The molecule has 0 spiro atoms. The van der Waals surface area contributed by atoms with Crippen molar-refractivity contribution in [2.24, 2.45) is 0 Å². The van der Waals surface area contributed by atoms with Gasteiger partial charge < -0.3 is 14.8 Å². The molecule has 1 unspecified atom stereocenters. The minimum Gasteiger partial charge on any atom is -0.494 e. The van der Waals surface area contributed by atoms with Crippen molar-refractivity contribution >= 4 is 15.9 Å². The van der Waals surface area contributed by atoms with E-state index in [0.29, 0.717) is 37.5 Å². The van der Waals surface area contributed by atoms with Gasteiger partial charge in [0.05, 0.1) is 17.6 Å². The van der Waals surface area contributed by atoms with Crippen molar-refractivity contribution in [2.75, 3.05) is 26.3 Å². The van der Waals surface area contributed by atoms with Crippen LogP contribution in [0.15, 0.2) is 53.4 Å². The van der Waals surface area contributed by atoms with Gasteiger partial charge in [-0.15, -0.1) is 0 Å². The standard InChI is InChI=1S/C22H27FN2O5S/c23-18-7-9-19(10-8-18)29-14-2-1-13-24-22(26)17-5-11-21(12-6-17)31(27,28)25-16-20-4-3-15-30-20/h5-12,20,25H,1-4,13-16H2,(H,24,26). The summed E-state index contributed by atoms with van der Waals surface area (Å²) in [4.78, 5) is 12.3. The summed E-state index contributed by atoms with van der Waals surface area (Å²) in [6.45, 7) is 1.84. The Morgan fingerprint density at radius 2 is 1.84 bits per heavy atom. The average molecular weight is 451 g/mol. The van der Waals surface area contributed by atoms with Crippen LogP contribution in [0.5, 0.6) is 5.75 Å². The summed E-state index contributed by atoms with van der Waals surface area (Å²) >= 11 is 0. The highest BCUT2D eigenvalue weighted by Crippen LogP contribution is 2.14. The Bertz CT molecular complexity index is 943. The predicted molar refractivity (Wildman–Crippen MR) is 114 cm³/mol. The number of halogens is 1. The number of carbonyl (C=O) groups excluding carboxylic acids is 1. The van der Waals surface area contributed by atoms with Crippen molar-refractivity contribution in [1.29, 1.82) is 0 Å². The number of hydrogen-bond acceptors (Lipinski definition) is 5. The summed E-state index contributed by atoms with van der Waals surface area (Å²) in [5.41, 5.74) is 0.389. The molecule has 9 heteroatoms. The van der Waals surface area contributed by atoms with Crippen LogP contribution in [0.3, 0.4) is 0 Å². The molecule has 1 aliphatic heterocycles. The van der Waals surface area contributed by atoms with E-state index in [1.807, 2.05) is 0 Å². The highest BCUT2D eigenvalue weighted by Gasteiger charge is 2.20. The SMILES string of the molecule is O=C(NCCCCOc1ccc(F)cc1)c1ccc(S(=O)(=O)NCC2CCCO2)cc1. The van der Waals surface area contributed by atoms with Crippen molar-refractivity contribution < 1.29 is 27.1 Å². The molecule has 3 rings (SSSR count). The summed E-state index contributed by atoms with van der Waals surface area (Å²) < 4.78 is 51.0. The summed E-state index contributed by atoms with van der Waals surface area (Å²) in [6.07, 6.45) is 3.15. The third kappa shape index (κ3) is 7.30. The number of ether oxygens (including phenoxy) is 2. The van der Waals surface area contributed by atoms with Crippen LogP contribution in [0.2, 0.25) is 0 Å². The molecule has 2 aromatic carbocycles. The second-order valence-electron chi connectivity index (χ2n) is 7.28. The molecule has 0 saturated carbocycles. The number of unbranched alkanes of at least 4 members (excludes halogenated alkanes) is 1. The van der Waals surface area contributed by atoms with Crippen LogP contribution >= 0.6 is 0 Å². The number of benzene rings is 2. The second kappa shape index (κ2) is 11.2. The van der Waals surface area contributed by atoms with E-state index in [9.17, 15) is 17.6 Å². The number of nitrogens with one attached hydrogen (secondary N) is 2. The molecule has 0 aliphatic carbocycles. The van der Waals surface area contributed by atoms with Crippen LogP contribution in [-0.4, -0.2) is 46.7 Å². The molecule has 2 aromatic rings. The molecule has 1 aliphatic rings. The Balaban J connectivity index is 1.36. The summed E-state index contributed by atoms with van der Waals surface area (Å²) in [6, 6.07) is 11.6. The lowest BCUT2D eigenvalue weighted by molar-refractivity contribution is 0.0952. The Labute approximate surface area is 182 Å². The molecule has 31 heavy (non-hydrogen) atoms. The van der Waals surface area contributed by atoms with Gasteiger partial charge in [0.1, 0.15) is 11.6 Å². The quantitative estimate of drug-likeness (QED) is 0.514. The number of sulfonamides is 1. The summed E-state index contributed by atoms with van der Waals surface area (Å²) in [7, 11) is -3.64. The van der Waals surface area contributed by atoms with Crippen molar-refractivity contribution in [3.8, 4) is 5.75 Å². The number of amides is 1. The molecular weight excluding hydrogens is 423 g/mol. The van der Waals surface area contributed by atoms with E-state index in [4.69, 9.17) is 9.47 Å². The molecule has 168 valence electrons. The molecule has 1 atom stereocenters. The topological polar surface area (TPSA) is 93.7 Å². The van der Waals surface area contributed by atoms with Crippen LogP contribution in [-0.2, 0) is 14.8 Å². The van der Waals surface area contributed by atoms with Crippen molar-refractivity contribution in [2.45, 2.75) is 36.7 Å². The zero-order valence-electron chi connectivity index (χ0n) is 17.2. The first-order valence-electron chi connectivity index (χ1n) is 10.3. The largest absolute Gasteiger partial charge is 0.494 e. The van der Waals surface area contributed by atoms with E-state index >= 15 is 0 Å². The fraction of sp³-hybridized carbons (Fsp3) is 0.409. The van der Waals surface area contributed by atoms with Gasteiger partial charge in [-0.3, -0.25) is 4.79 Å². The van der Waals surface area contributed by atoms with E-state index < -0.39 is 10.0 Å². The molecule has 0 aromatic heterocycles. The lowest BCUT2D eigenvalue weighted by Crippen LogP contribution is -2.32. The second-order valence-corrected chi connectivity index (χ2v) is 9.04. The highest BCUT2D eigenvalue weighted by atomic mass is 32.2. The van der Waals surface area contributed by atoms with Gasteiger partial charge >= 0.3 is 0 Å². The lowest BCUT2D eigenvalue weighted by Gasteiger charge is -2.12. The van der Waals surface area contributed by atoms with Gasteiger partial charge in [0, 0.05) is 25.3 Å². The third-order valence-electron chi connectivity index (χ3n) is 4.89. The molecule has 0 radical (unpaired) electrons. The normalized spacial score (nSPS) is 16.2. The fourth-order valence-electron chi connectivity index (χ4n) is 3.13. The van der Waals surface area contributed by atoms with E-state index in [0.717, 1.165) is 19.3 Å². The summed E-state index contributed by atoms with van der Waals surface area (Å²) in [5, 5.41) is 2.80. The maximum absolute atomic E-state index is 12.8. The highest BCUT2D eigenvalue weighted by molar-refractivity contribution is 7.89. The van der Waals surface area contributed by atoms with Crippen molar-refractivity contribution in [3.63, 3.8) is 0 Å². The van der Waals surface area contributed by atoms with Gasteiger partial charge in [-0.05, 0) is 74.2 Å². The van der Waals surface area contributed by atoms with Gasteiger partial charge in [0.25, 0.3) is 5.91 Å². The van der Waals surface area contributed by atoms with Crippen molar-refractivity contribution in [3.05, 3.63) is 59.9 Å². The van der Waals surface area contributed by atoms with E-state index in [-0.39, 0.29) is 29.3 Å². The Hall–Kier alpha value is -2.49. The molecule has 1 heterocycles. The first-order valence-corrected chi connectivity index (χ1v) is 11.8. The number of rotatable bonds is 11. The van der Waals surface area contributed by atoms with Crippen molar-refractivity contribution in [1.82, 2.24) is 10.0 Å². The maximum atomic E-state index is 12.8. The van der Waals surface area contributed by atoms with Gasteiger partial charge in [-0.25, -0.2) is 17.5 Å². The van der Waals surface area contributed by atoms with Gasteiger partial charge in [-0.2, -0.15) is 0 Å². The maximum Gasteiger partial charge on any atom is 0.251 e. The predicted octanol–water partition coefficient (Wildman–Crippen LogP) is 2.87. The monoisotopic (exact) mass is 450 g/mol. The third-order valence-corrected chi connectivity index (χ3v) is 6.33. The first kappa shape index (κ1) is 23.2. The minimum atomic E-state index is -3.64. The molecule has 2 N–H and O–H groups in total. The molecule has 1 saturated heterocycles. The molecule has 1 amide bonds. The minimum absolute atomic E-state index is 0.0825. The van der Waals surface area contributed by atoms with Crippen LogP contribution in [0.1, 0.15) is 36.0 Å². The molecular formula is C22H27FN2O5S. The molecule has 1 fully saturated rings. The molecule has 7 nitrogen and oxygen atoms in total. The fourth-order valence-corrected chi connectivity index (χ4v) is 4.20. The number of carbonyl (C=O) groups is 1. The van der Waals surface area contributed by atoms with Crippen LogP contribution < -0.4 is 14.8 Å². The van der Waals surface area contributed by atoms with E-state index in [1.54, 1.807) is 12.1 Å².